The second-order valence-electron chi connectivity index (χ2n) is 9.42. The topological polar surface area (TPSA) is 119 Å². The van der Waals surface area contributed by atoms with Gasteiger partial charge in [0.15, 0.2) is 17.2 Å². The summed E-state index contributed by atoms with van der Waals surface area (Å²) >= 11 is 0. The summed E-state index contributed by atoms with van der Waals surface area (Å²) < 4.78 is 7.21. The number of benzene rings is 1. The van der Waals surface area contributed by atoms with Gasteiger partial charge in [-0.1, -0.05) is 30.3 Å². The molecule has 0 atom stereocenters. The minimum atomic E-state index is -0.560. The molecule has 38 heavy (non-hydrogen) atoms. The highest BCUT2D eigenvalue weighted by molar-refractivity contribution is 5.82. The molecule has 0 amide bonds. The van der Waals surface area contributed by atoms with Gasteiger partial charge in [-0.15, -0.1) is 0 Å². The van der Waals surface area contributed by atoms with Crippen LogP contribution in [0, 0.1) is 0 Å². The minimum Gasteiger partial charge on any atom is -0.491 e. The fraction of sp³-hybridized carbons (Fsp3) is 0.250. The van der Waals surface area contributed by atoms with Gasteiger partial charge in [-0.25, -0.2) is 19.6 Å². The highest BCUT2D eigenvalue weighted by Crippen LogP contribution is 2.31. The number of nitrogens with two attached hydrogens (primary N) is 1. The first-order chi connectivity index (χ1) is 18.5. The van der Waals surface area contributed by atoms with Crippen LogP contribution < -0.4 is 31.2 Å². The molecule has 2 N–H and O–H groups in total. The molecule has 4 heterocycles. The standard InChI is InChI=1S/C28H27N7O3/c1-33(22-23(36)24(37)25(22)38-2)18-12-15-34(16-13-18)35-27(19-9-6-14-30-26(19)29)32-21-11-10-20(31-28(21)35)17-7-4-3-5-8-17/h3-11,14,18H,12-13,15-16H2,1-2H3,(H2,29,30). The van der Waals surface area contributed by atoms with Gasteiger partial charge in [0.1, 0.15) is 17.0 Å². The van der Waals surface area contributed by atoms with Crippen LogP contribution in [0.1, 0.15) is 12.8 Å². The Morgan fingerprint density at radius 1 is 0.974 bits per heavy atom. The molecule has 1 saturated heterocycles. The fourth-order valence-electron chi connectivity index (χ4n) is 5.26. The van der Waals surface area contributed by atoms with Crippen molar-refractivity contribution in [3.63, 3.8) is 0 Å². The summed E-state index contributed by atoms with van der Waals surface area (Å²) in [5.41, 5.74) is 9.70. The van der Waals surface area contributed by atoms with Crippen LogP contribution in [0.25, 0.3) is 33.8 Å². The van der Waals surface area contributed by atoms with Crippen LogP contribution in [0.2, 0.25) is 0 Å². The van der Waals surface area contributed by atoms with Gasteiger partial charge in [-0.2, -0.15) is 0 Å². The first-order valence-corrected chi connectivity index (χ1v) is 12.5. The number of rotatable bonds is 6. The summed E-state index contributed by atoms with van der Waals surface area (Å²) in [7, 11) is 3.27. The molecule has 0 aliphatic carbocycles. The van der Waals surface area contributed by atoms with Crippen molar-refractivity contribution in [1.82, 2.24) is 19.6 Å². The van der Waals surface area contributed by atoms with Gasteiger partial charge in [0.05, 0.1) is 18.4 Å². The van der Waals surface area contributed by atoms with E-state index in [1.807, 2.05) is 71.2 Å². The second-order valence-corrected chi connectivity index (χ2v) is 9.42. The van der Waals surface area contributed by atoms with E-state index in [0.717, 1.165) is 40.8 Å². The van der Waals surface area contributed by atoms with Crippen LogP contribution in [-0.4, -0.2) is 52.9 Å². The van der Waals surface area contributed by atoms with Crippen molar-refractivity contribution in [2.75, 3.05) is 42.9 Å². The summed E-state index contributed by atoms with van der Waals surface area (Å²) in [6.45, 7) is 1.37. The Kier molecular flexibility index (Phi) is 5.79. The van der Waals surface area contributed by atoms with Crippen LogP contribution >= 0.6 is 0 Å². The maximum absolute atomic E-state index is 12.2. The van der Waals surface area contributed by atoms with Crippen molar-refractivity contribution in [1.29, 1.82) is 0 Å². The third-order valence-corrected chi connectivity index (χ3v) is 7.30. The predicted octanol–water partition coefficient (Wildman–Crippen LogP) is 2.58. The van der Waals surface area contributed by atoms with E-state index < -0.39 is 10.9 Å². The van der Waals surface area contributed by atoms with E-state index in [0.29, 0.717) is 30.4 Å². The van der Waals surface area contributed by atoms with E-state index in [2.05, 4.69) is 9.99 Å². The van der Waals surface area contributed by atoms with Crippen LogP contribution in [0.5, 0.6) is 5.75 Å². The monoisotopic (exact) mass is 509 g/mol. The van der Waals surface area contributed by atoms with Crippen molar-refractivity contribution < 1.29 is 4.74 Å². The maximum atomic E-state index is 12.2. The minimum absolute atomic E-state index is 0.0815. The van der Waals surface area contributed by atoms with E-state index in [-0.39, 0.29) is 11.8 Å². The SMILES string of the molecule is COc1c(N(C)C2CCN(n3c(-c4cccnc4N)nc4ccc(-c5ccccc5)nc43)CC2)c(=O)c1=O. The summed E-state index contributed by atoms with van der Waals surface area (Å²) in [6.07, 6.45) is 3.19. The van der Waals surface area contributed by atoms with E-state index in [1.54, 1.807) is 6.20 Å². The van der Waals surface area contributed by atoms with Gasteiger partial charge >= 0.3 is 0 Å². The molecule has 10 heteroatoms. The third kappa shape index (κ3) is 3.76. The van der Waals surface area contributed by atoms with Gasteiger partial charge in [-0.05, 0) is 37.1 Å². The van der Waals surface area contributed by atoms with Gasteiger partial charge < -0.3 is 20.4 Å². The van der Waals surface area contributed by atoms with Crippen molar-refractivity contribution in [3.8, 4) is 28.4 Å². The molecule has 2 aromatic carbocycles. The molecule has 3 aromatic heterocycles. The Labute approximate surface area is 218 Å². The first kappa shape index (κ1) is 23.7. The second kappa shape index (κ2) is 9.29. The lowest BCUT2D eigenvalue weighted by atomic mass is 10.0. The molecule has 192 valence electrons. The van der Waals surface area contributed by atoms with E-state index in [1.165, 1.54) is 7.11 Å². The Bertz CT molecular complexity index is 1700. The molecular weight excluding hydrogens is 482 g/mol. The first-order valence-electron chi connectivity index (χ1n) is 12.5. The highest BCUT2D eigenvalue weighted by Gasteiger charge is 2.32. The average Bonchev–Trinajstić information content (AvgIpc) is 3.34. The summed E-state index contributed by atoms with van der Waals surface area (Å²) in [4.78, 5) is 40.2. The lowest BCUT2D eigenvalue weighted by molar-refractivity contribution is 0.394. The zero-order chi connectivity index (χ0) is 26.4. The zero-order valence-electron chi connectivity index (χ0n) is 21.2. The molecule has 1 aliphatic rings. The predicted molar refractivity (Wildman–Crippen MR) is 148 cm³/mol. The molecule has 1 fully saturated rings. The number of pyridine rings is 2. The van der Waals surface area contributed by atoms with Gasteiger partial charge in [0.2, 0.25) is 0 Å². The smallest absolute Gasteiger partial charge is 0.272 e. The Morgan fingerprint density at radius 3 is 2.45 bits per heavy atom. The van der Waals surface area contributed by atoms with Crippen molar-refractivity contribution in [2.24, 2.45) is 0 Å². The summed E-state index contributed by atoms with van der Waals surface area (Å²) in [5.74, 6) is 1.22. The van der Waals surface area contributed by atoms with Crippen LogP contribution in [0.15, 0.2) is 70.4 Å². The van der Waals surface area contributed by atoms with Gasteiger partial charge in [0, 0.05) is 37.9 Å². The number of anilines is 2. The summed E-state index contributed by atoms with van der Waals surface area (Å²) in [5, 5.41) is 2.21. The molecule has 10 nitrogen and oxygen atoms in total. The lowest BCUT2D eigenvalue weighted by Gasteiger charge is -2.39. The molecule has 0 radical (unpaired) electrons. The van der Waals surface area contributed by atoms with E-state index in [9.17, 15) is 9.59 Å². The van der Waals surface area contributed by atoms with Crippen LogP contribution in [0.3, 0.4) is 0 Å². The number of nitrogens with zero attached hydrogens (tertiary/aromatic N) is 6. The maximum Gasteiger partial charge on any atom is 0.272 e. The van der Waals surface area contributed by atoms with Crippen LogP contribution in [-0.2, 0) is 0 Å². The van der Waals surface area contributed by atoms with Crippen LogP contribution in [0.4, 0.5) is 11.5 Å². The molecule has 1 aliphatic heterocycles. The number of methoxy groups -OCH3 is 1. The van der Waals surface area contributed by atoms with E-state index >= 15 is 0 Å². The quantitative estimate of drug-likeness (QED) is 0.344. The van der Waals surface area contributed by atoms with Crippen molar-refractivity contribution >= 4 is 22.7 Å². The Balaban J connectivity index is 1.38. The number of nitrogen functional groups attached to an aromatic ring is 1. The fourth-order valence-corrected chi connectivity index (χ4v) is 5.26. The Hall–Kier alpha value is -4.73. The van der Waals surface area contributed by atoms with Gasteiger partial charge in [-0.3, -0.25) is 9.59 Å². The largest absolute Gasteiger partial charge is 0.491 e. The normalized spacial score (nSPS) is 14.3. The average molecular weight is 510 g/mol. The molecule has 0 unspecified atom stereocenters. The third-order valence-electron chi connectivity index (χ3n) is 7.30. The number of piperidine rings is 1. The number of ether oxygens (including phenoxy) is 1. The molecule has 0 saturated carbocycles. The van der Waals surface area contributed by atoms with E-state index in [4.69, 9.17) is 20.4 Å². The number of aromatic nitrogens is 4. The highest BCUT2D eigenvalue weighted by atomic mass is 16.5. The Morgan fingerprint density at radius 2 is 1.74 bits per heavy atom. The number of hydrogen-bond donors (Lipinski definition) is 1. The van der Waals surface area contributed by atoms with Crippen molar-refractivity contribution in [3.05, 3.63) is 81.2 Å². The summed E-state index contributed by atoms with van der Waals surface area (Å²) in [6, 6.07) is 17.8. The number of fused-ring (bicyclic) bond motifs is 1. The van der Waals surface area contributed by atoms with Crippen molar-refractivity contribution in [2.45, 2.75) is 18.9 Å². The molecule has 5 aromatic rings. The molecule has 0 spiro atoms. The lowest BCUT2D eigenvalue weighted by Crippen LogP contribution is -2.51. The van der Waals surface area contributed by atoms with Gasteiger partial charge in [0.25, 0.3) is 10.9 Å². The molecular formula is C28H27N7O3. The number of imidazole rings is 1. The molecule has 0 bridgehead atoms. The zero-order valence-corrected chi connectivity index (χ0v) is 21.2. The molecule has 6 rings (SSSR count). The number of hydrogen-bond acceptors (Lipinski definition) is 9.